The van der Waals surface area contributed by atoms with Gasteiger partial charge in [0.15, 0.2) is 11.5 Å². The molecule has 1 aliphatic heterocycles. The minimum atomic E-state index is -3.07. The van der Waals surface area contributed by atoms with Gasteiger partial charge < -0.3 is 24.4 Å². The molecule has 1 aliphatic rings. The number of nitrogens with one attached hydrogen (secondary N) is 1. The number of morpholine rings is 1. The van der Waals surface area contributed by atoms with Crippen LogP contribution in [-0.4, -0.2) is 50.9 Å². The van der Waals surface area contributed by atoms with Crippen molar-refractivity contribution in [3.8, 4) is 11.5 Å². The summed E-state index contributed by atoms with van der Waals surface area (Å²) in [5.41, 5.74) is 0.811. The largest absolute Gasteiger partial charge is 0.493 e. The molecular weight excluding hydrogens is 372 g/mol. The highest BCUT2D eigenvalue weighted by Gasteiger charge is 2.20. The molecule has 1 saturated heterocycles. The molecule has 0 radical (unpaired) electrons. The third-order valence-electron chi connectivity index (χ3n) is 4.25. The van der Waals surface area contributed by atoms with Crippen LogP contribution in [0, 0.1) is 0 Å². The number of pyridine rings is 1. The smallest absolute Gasteiger partial charge is 0.387 e. The van der Waals surface area contributed by atoms with Gasteiger partial charge in [-0.3, -0.25) is 4.79 Å². The van der Waals surface area contributed by atoms with Crippen molar-refractivity contribution in [1.29, 1.82) is 0 Å². The number of amides is 1. The highest BCUT2D eigenvalue weighted by molar-refractivity contribution is 5.97. The zero-order chi connectivity index (χ0) is 19.9. The van der Waals surface area contributed by atoms with Crippen LogP contribution in [0.25, 0.3) is 0 Å². The number of carbonyl (C=O) groups is 1. The van der Waals surface area contributed by atoms with E-state index in [-0.39, 0.29) is 23.6 Å². The average Bonchev–Trinajstić information content (AvgIpc) is 2.72. The van der Waals surface area contributed by atoms with Crippen molar-refractivity contribution < 1.29 is 27.8 Å². The number of aromatic nitrogens is 1. The van der Waals surface area contributed by atoms with Gasteiger partial charge in [-0.1, -0.05) is 6.07 Å². The standard InChI is InChI=1S/C19H21F2N3O4/c1-26-15-4-2-3-14(17(15)28-19(20)21)18(25)23-12-13-5-6-22-16(11-13)24-7-9-27-10-8-24/h2-6,11,19H,7-10,12H2,1H3,(H,23,25). The lowest BCUT2D eigenvalue weighted by Gasteiger charge is -2.28. The van der Waals surface area contributed by atoms with Gasteiger partial charge in [-0.25, -0.2) is 4.98 Å². The number of ether oxygens (including phenoxy) is 3. The van der Waals surface area contributed by atoms with Crippen molar-refractivity contribution in [2.45, 2.75) is 13.2 Å². The van der Waals surface area contributed by atoms with E-state index in [9.17, 15) is 13.6 Å². The monoisotopic (exact) mass is 393 g/mol. The van der Waals surface area contributed by atoms with E-state index in [1.54, 1.807) is 12.3 Å². The van der Waals surface area contributed by atoms with E-state index < -0.39 is 12.5 Å². The molecule has 1 N–H and O–H groups in total. The second-order valence-corrected chi connectivity index (χ2v) is 6.02. The predicted molar refractivity (Wildman–Crippen MR) is 98.1 cm³/mol. The van der Waals surface area contributed by atoms with E-state index in [1.807, 2.05) is 6.07 Å². The van der Waals surface area contributed by atoms with E-state index in [0.29, 0.717) is 13.2 Å². The topological polar surface area (TPSA) is 72.9 Å². The summed E-state index contributed by atoms with van der Waals surface area (Å²) in [6.45, 7) is -0.0676. The molecule has 0 atom stereocenters. The lowest BCUT2D eigenvalue weighted by Crippen LogP contribution is -2.36. The van der Waals surface area contributed by atoms with Crippen LogP contribution in [0.5, 0.6) is 11.5 Å². The molecular formula is C19H21F2N3O4. The Labute approximate surface area is 161 Å². The summed E-state index contributed by atoms with van der Waals surface area (Å²) in [5.74, 6) is 0.0325. The summed E-state index contributed by atoms with van der Waals surface area (Å²) in [5, 5.41) is 2.72. The van der Waals surface area contributed by atoms with Crippen molar-refractivity contribution in [3.05, 3.63) is 47.7 Å². The van der Waals surface area contributed by atoms with E-state index in [1.165, 1.54) is 25.3 Å². The second kappa shape index (κ2) is 9.32. The van der Waals surface area contributed by atoms with E-state index in [0.717, 1.165) is 24.5 Å². The van der Waals surface area contributed by atoms with Gasteiger partial charge >= 0.3 is 6.61 Å². The summed E-state index contributed by atoms with van der Waals surface area (Å²) in [6, 6.07) is 8.06. The number of nitrogens with zero attached hydrogens (tertiary/aromatic N) is 2. The Morgan fingerprint density at radius 3 is 2.82 bits per heavy atom. The van der Waals surface area contributed by atoms with Crippen LogP contribution in [0.1, 0.15) is 15.9 Å². The summed E-state index contributed by atoms with van der Waals surface area (Å²) in [4.78, 5) is 19.0. The molecule has 2 aromatic rings. The molecule has 1 aromatic heterocycles. The molecule has 1 amide bonds. The van der Waals surface area contributed by atoms with Gasteiger partial charge in [-0.2, -0.15) is 8.78 Å². The van der Waals surface area contributed by atoms with Gasteiger partial charge in [0.2, 0.25) is 0 Å². The van der Waals surface area contributed by atoms with Crippen molar-refractivity contribution >= 4 is 11.7 Å². The fourth-order valence-corrected chi connectivity index (χ4v) is 2.88. The fourth-order valence-electron chi connectivity index (χ4n) is 2.88. The number of methoxy groups -OCH3 is 1. The maximum Gasteiger partial charge on any atom is 0.387 e. The lowest BCUT2D eigenvalue weighted by molar-refractivity contribution is -0.0515. The molecule has 3 rings (SSSR count). The average molecular weight is 393 g/mol. The highest BCUT2D eigenvalue weighted by Crippen LogP contribution is 2.32. The van der Waals surface area contributed by atoms with Gasteiger partial charge in [0.1, 0.15) is 5.82 Å². The summed E-state index contributed by atoms with van der Waals surface area (Å²) in [7, 11) is 1.32. The zero-order valence-electron chi connectivity index (χ0n) is 15.4. The third-order valence-corrected chi connectivity index (χ3v) is 4.25. The summed E-state index contributed by atoms with van der Waals surface area (Å²) in [6.07, 6.45) is 1.67. The normalized spacial score (nSPS) is 14.1. The lowest BCUT2D eigenvalue weighted by atomic mass is 10.1. The predicted octanol–water partition coefficient (Wildman–Crippen LogP) is 2.46. The van der Waals surface area contributed by atoms with E-state index in [2.05, 4.69) is 19.9 Å². The number of rotatable bonds is 7. The molecule has 9 heteroatoms. The Morgan fingerprint density at radius 1 is 1.32 bits per heavy atom. The first kappa shape index (κ1) is 19.8. The van der Waals surface area contributed by atoms with Gasteiger partial charge in [-0.15, -0.1) is 0 Å². The van der Waals surface area contributed by atoms with Gasteiger partial charge in [0.25, 0.3) is 5.91 Å². The number of benzene rings is 1. The first-order valence-electron chi connectivity index (χ1n) is 8.76. The number of carbonyl (C=O) groups excluding carboxylic acids is 1. The van der Waals surface area contributed by atoms with Crippen molar-refractivity contribution in [2.75, 3.05) is 38.3 Å². The van der Waals surface area contributed by atoms with Crippen LogP contribution in [0.4, 0.5) is 14.6 Å². The van der Waals surface area contributed by atoms with Crippen LogP contribution in [-0.2, 0) is 11.3 Å². The third kappa shape index (κ3) is 4.86. The SMILES string of the molecule is COc1cccc(C(=O)NCc2ccnc(N3CCOCC3)c2)c1OC(F)F. The Balaban J connectivity index is 1.70. The molecule has 0 spiro atoms. The Bertz CT molecular complexity index is 814. The second-order valence-electron chi connectivity index (χ2n) is 6.02. The van der Waals surface area contributed by atoms with Gasteiger partial charge in [-0.05, 0) is 29.8 Å². The Morgan fingerprint density at radius 2 is 2.11 bits per heavy atom. The van der Waals surface area contributed by atoms with Crippen molar-refractivity contribution in [3.63, 3.8) is 0 Å². The number of alkyl halides is 2. The number of hydrogen-bond acceptors (Lipinski definition) is 6. The first-order valence-corrected chi connectivity index (χ1v) is 8.76. The van der Waals surface area contributed by atoms with Gasteiger partial charge in [0, 0.05) is 25.8 Å². The Hall–Kier alpha value is -2.94. The Kier molecular flexibility index (Phi) is 6.59. The maximum atomic E-state index is 12.7. The minimum absolute atomic E-state index is 0.0258. The first-order chi connectivity index (χ1) is 13.6. The highest BCUT2D eigenvalue weighted by atomic mass is 19.3. The zero-order valence-corrected chi connectivity index (χ0v) is 15.4. The minimum Gasteiger partial charge on any atom is -0.493 e. The van der Waals surface area contributed by atoms with Crippen molar-refractivity contribution in [1.82, 2.24) is 10.3 Å². The van der Waals surface area contributed by atoms with E-state index in [4.69, 9.17) is 9.47 Å². The fraction of sp³-hybridized carbons (Fsp3) is 0.368. The summed E-state index contributed by atoms with van der Waals surface area (Å²) >= 11 is 0. The van der Waals surface area contributed by atoms with Crippen LogP contribution in [0.3, 0.4) is 0 Å². The molecule has 0 saturated carbocycles. The summed E-state index contributed by atoms with van der Waals surface area (Å²) < 4.78 is 40.3. The van der Waals surface area contributed by atoms with Crippen LogP contribution >= 0.6 is 0 Å². The quantitative estimate of drug-likeness (QED) is 0.779. The molecule has 2 heterocycles. The van der Waals surface area contributed by atoms with Crippen LogP contribution < -0.4 is 19.7 Å². The molecule has 1 fully saturated rings. The molecule has 0 unspecified atom stereocenters. The molecule has 7 nitrogen and oxygen atoms in total. The maximum absolute atomic E-state index is 12.7. The number of halogens is 2. The van der Waals surface area contributed by atoms with E-state index >= 15 is 0 Å². The number of hydrogen-bond donors (Lipinski definition) is 1. The van der Waals surface area contributed by atoms with Crippen LogP contribution in [0.15, 0.2) is 36.5 Å². The molecule has 0 aliphatic carbocycles. The number of anilines is 1. The molecule has 1 aromatic carbocycles. The molecule has 0 bridgehead atoms. The molecule has 28 heavy (non-hydrogen) atoms. The van der Waals surface area contributed by atoms with Crippen LogP contribution in [0.2, 0.25) is 0 Å². The van der Waals surface area contributed by atoms with Crippen molar-refractivity contribution in [2.24, 2.45) is 0 Å². The number of para-hydroxylation sites is 1. The molecule has 150 valence electrons. The van der Waals surface area contributed by atoms with Gasteiger partial charge in [0.05, 0.1) is 25.9 Å².